The van der Waals surface area contributed by atoms with Crippen LogP contribution in [-0.4, -0.2) is 32.0 Å². The minimum absolute atomic E-state index is 0.0652. The minimum Gasteiger partial charge on any atom is -0.501 e. The molecule has 36 heavy (non-hydrogen) atoms. The molecule has 2 heterocycles. The molecule has 0 bridgehead atoms. The molecule has 1 unspecified atom stereocenters. The molecular formula is C30H29N3O3. The van der Waals surface area contributed by atoms with Gasteiger partial charge in [-0.2, -0.15) is 4.98 Å². The van der Waals surface area contributed by atoms with E-state index in [9.17, 15) is 14.7 Å². The van der Waals surface area contributed by atoms with E-state index in [0.717, 1.165) is 47.6 Å². The second-order valence-corrected chi connectivity index (χ2v) is 9.93. The average molecular weight is 480 g/mol. The summed E-state index contributed by atoms with van der Waals surface area (Å²) in [6.07, 6.45) is 4.39. The SMILES string of the molecule is O=C1c2c(O)c(=O)nc(C(c3cccc4ccccc34)C3CCCC3)n2CCN1Cc1ccccc1. The van der Waals surface area contributed by atoms with Crippen molar-refractivity contribution in [3.05, 3.63) is 106 Å². The Balaban J connectivity index is 1.50. The number of hydrogen-bond acceptors (Lipinski definition) is 4. The lowest BCUT2D eigenvalue weighted by Crippen LogP contribution is -2.43. The smallest absolute Gasteiger partial charge is 0.315 e. The summed E-state index contributed by atoms with van der Waals surface area (Å²) in [5, 5.41) is 13.1. The lowest BCUT2D eigenvalue weighted by atomic mass is 9.81. The summed E-state index contributed by atoms with van der Waals surface area (Å²) in [5.41, 5.74) is 1.48. The molecule has 0 spiro atoms. The molecule has 1 aliphatic carbocycles. The Hall–Kier alpha value is -3.93. The molecule has 4 aromatic rings. The van der Waals surface area contributed by atoms with E-state index in [1.165, 1.54) is 0 Å². The van der Waals surface area contributed by atoms with E-state index in [1.54, 1.807) is 4.90 Å². The molecule has 1 atom stereocenters. The fourth-order valence-electron chi connectivity index (χ4n) is 6.08. The highest BCUT2D eigenvalue weighted by Gasteiger charge is 2.37. The van der Waals surface area contributed by atoms with Crippen LogP contribution in [0.4, 0.5) is 0 Å². The Labute approximate surface area is 209 Å². The largest absolute Gasteiger partial charge is 0.501 e. The van der Waals surface area contributed by atoms with Crippen molar-refractivity contribution in [3.8, 4) is 5.75 Å². The summed E-state index contributed by atoms with van der Waals surface area (Å²) in [4.78, 5) is 32.8. The Morgan fingerprint density at radius 3 is 2.42 bits per heavy atom. The average Bonchev–Trinajstić information content (AvgIpc) is 3.44. The van der Waals surface area contributed by atoms with Crippen molar-refractivity contribution >= 4 is 16.7 Å². The van der Waals surface area contributed by atoms with Gasteiger partial charge in [0, 0.05) is 25.6 Å². The third-order valence-electron chi connectivity index (χ3n) is 7.80. The van der Waals surface area contributed by atoms with Crippen LogP contribution in [0.1, 0.15) is 59.0 Å². The van der Waals surface area contributed by atoms with Crippen molar-refractivity contribution < 1.29 is 9.90 Å². The fraction of sp³-hybridized carbons (Fsp3) is 0.300. The van der Waals surface area contributed by atoms with E-state index < -0.39 is 11.3 Å². The summed E-state index contributed by atoms with van der Waals surface area (Å²) >= 11 is 0. The maximum atomic E-state index is 13.6. The molecule has 0 radical (unpaired) electrons. The summed E-state index contributed by atoms with van der Waals surface area (Å²) in [5.74, 6) is -0.0831. The van der Waals surface area contributed by atoms with Crippen LogP contribution in [0.15, 0.2) is 77.6 Å². The van der Waals surface area contributed by atoms with E-state index >= 15 is 0 Å². The highest BCUT2D eigenvalue weighted by atomic mass is 16.3. The van der Waals surface area contributed by atoms with Crippen LogP contribution in [-0.2, 0) is 13.1 Å². The maximum absolute atomic E-state index is 13.6. The van der Waals surface area contributed by atoms with Crippen LogP contribution in [0.5, 0.6) is 5.75 Å². The monoisotopic (exact) mass is 479 g/mol. The molecule has 1 fully saturated rings. The highest BCUT2D eigenvalue weighted by molar-refractivity contribution is 5.95. The van der Waals surface area contributed by atoms with Gasteiger partial charge in [0.25, 0.3) is 5.91 Å². The highest BCUT2D eigenvalue weighted by Crippen LogP contribution is 2.43. The van der Waals surface area contributed by atoms with Gasteiger partial charge in [0.15, 0.2) is 5.69 Å². The molecule has 6 nitrogen and oxygen atoms in total. The second kappa shape index (κ2) is 9.26. The number of amides is 1. The van der Waals surface area contributed by atoms with Gasteiger partial charge < -0.3 is 14.6 Å². The number of aromatic hydroxyl groups is 1. The van der Waals surface area contributed by atoms with Crippen LogP contribution in [0, 0.1) is 5.92 Å². The molecule has 1 aliphatic heterocycles. The number of carbonyl (C=O) groups excluding carboxylic acids is 1. The minimum atomic E-state index is -0.727. The topological polar surface area (TPSA) is 75.4 Å². The van der Waals surface area contributed by atoms with Crippen molar-refractivity contribution in [1.82, 2.24) is 14.5 Å². The molecule has 3 aromatic carbocycles. The van der Waals surface area contributed by atoms with Gasteiger partial charge in [0.1, 0.15) is 5.82 Å². The first kappa shape index (κ1) is 22.5. The molecule has 0 saturated heterocycles. The normalized spacial score (nSPS) is 16.9. The first-order valence-corrected chi connectivity index (χ1v) is 12.8. The third kappa shape index (κ3) is 3.87. The van der Waals surface area contributed by atoms with Crippen molar-refractivity contribution in [2.75, 3.05) is 6.54 Å². The van der Waals surface area contributed by atoms with Crippen LogP contribution < -0.4 is 5.56 Å². The van der Waals surface area contributed by atoms with Gasteiger partial charge in [-0.3, -0.25) is 9.59 Å². The molecule has 182 valence electrons. The summed E-state index contributed by atoms with van der Waals surface area (Å²) in [6, 6.07) is 24.3. The van der Waals surface area contributed by atoms with E-state index in [2.05, 4.69) is 35.3 Å². The Kier molecular flexibility index (Phi) is 5.80. The van der Waals surface area contributed by atoms with Crippen LogP contribution >= 0.6 is 0 Å². The molecule has 1 aromatic heterocycles. The molecule has 1 saturated carbocycles. The molecule has 1 amide bonds. The second-order valence-electron chi connectivity index (χ2n) is 9.93. The number of benzene rings is 3. The maximum Gasteiger partial charge on any atom is 0.315 e. The van der Waals surface area contributed by atoms with Gasteiger partial charge in [0.2, 0.25) is 5.75 Å². The first-order chi connectivity index (χ1) is 17.6. The molecular weight excluding hydrogens is 450 g/mol. The van der Waals surface area contributed by atoms with Gasteiger partial charge >= 0.3 is 5.56 Å². The van der Waals surface area contributed by atoms with Gasteiger partial charge in [-0.25, -0.2) is 0 Å². The molecule has 1 N–H and O–H groups in total. The Morgan fingerprint density at radius 1 is 0.889 bits per heavy atom. The third-order valence-corrected chi connectivity index (χ3v) is 7.80. The van der Waals surface area contributed by atoms with Crippen molar-refractivity contribution in [2.45, 2.75) is 44.7 Å². The quantitative estimate of drug-likeness (QED) is 0.433. The van der Waals surface area contributed by atoms with Crippen LogP contribution in [0.3, 0.4) is 0 Å². The zero-order valence-corrected chi connectivity index (χ0v) is 20.1. The summed E-state index contributed by atoms with van der Waals surface area (Å²) in [7, 11) is 0. The lowest BCUT2D eigenvalue weighted by Gasteiger charge is -2.34. The number of rotatable bonds is 5. The van der Waals surface area contributed by atoms with Gasteiger partial charge in [-0.15, -0.1) is 0 Å². The van der Waals surface area contributed by atoms with Gasteiger partial charge in [0.05, 0.1) is 0 Å². The molecule has 6 heteroatoms. The van der Waals surface area contributed by atoms with E-state index in [0.29, 0.717) is 31.4 Å². The standard InChI is InChI=1S/C30H29N3O3/c34-27-26-30(36)32(19-20-9-2-1-3-10-20)17-18-33(26)28(31-29(27)35)25(22-12-4-5-13-22)24-16-8-14-21-11-6-7-15-23(21)24/h1-3,6-11,14-16,22,25,34H,4-5,12-13,17-19H2. The lowest BCUT2D eigenvalue weighted by molar-refractivity contribution is 0.0678. The van der Waals surface area contributed by atoms with Gasteiger partial charge in [-0.1, -0.05) is 85.6 Å². The zero-order chi connectivity index (χ0) is 24.6. The summed E-state index contributed by atoms with van der Waals surface area (Å²) < 4.78 is 1.82. The molecule has 6 rings (SSSR count). The molecule has 2 aliphatic rings. The summed E-state index contributed by atoms with van der Waals surface area (Å²) in [6.45, 7) is 1.41. The van der Waals surface area contributed by atoms with Crippen LogP contribution in [0.2, 0.25) is 0 Å². The van der Waals surface area contributed by atoms with Gasteiger partial charge in [-0.05, 0) is 40.7 Å². The Morgan fingerprint density at radius 2 is 1.61 bits per heavy atom. The fourth-order valence-corrected chi connectivity index (χ4v) is 6.08. The number of aromatic nitrogens is 2. The van der Waals surface area contributed by atoms with Crippen molar-refractivity contribution in [3.63, 3.8) is 0 Å². The van der Waals surface area contributed by atoms with E-state index in [4.69, 9.17) is 0 Å². The number of fused-ring (bicyclic) bond motifs is 2. The number of carbonyl (C=O) groups is 1. The first-order valence-electron chi connectivity index (χ1n) is 12.8. The number of hydrogen-bond donors (Lipinski definition) is 1. The predicted molar refractivity (Wildman–Crippen MR) is 139 cm³/mol. The van der Waals surface area contributed by atoms with E-state index in [-0.39, 0.29) is 17.5 Å². The van der Waals surface area contributed by atoms with Crippen molar-refractivity contribution in [2.24, 2.45) is 5.92 Å². The van der Waals surface area contributed by atoms with Crippen molar-refractivity contribution in [1.29, 1.82) is 0 Å². The number of nitrogens with zero attached hydrogens (tertiary/aromatic N) is 3. The van der Waals surface area contributed by atoms with Crippen LogP contribution in [0.25, 0.3) is 10.8 Å². The Bertz CT molecular complexity index is 1480. The zero-order valence-electron chi connectivity index (χ0n) is 20.1. The van der Waals surface area contributed by atoms with E-state index in [1.807, 2.05) is 47.0 Å². The predicted octanol–water partition coefficient (Wildman–Crippen LogP) is 5.08.